The molecule has 0 aliphatic carbocycles. The molecule has 0 radical (unpaired) electrons. The Kier molecular flexibility index (Phi) is 4.95. The molecule has 0 amide bonds. The number of methoxy groups -OCH3 is 1. The van der Waals surface area contributed by atoms with Gasteiger partial charge in [0, 0.05) is 23.4 Å². The smallest absolute Gasteiger partial charge is 0.322 e. The first-order valence-corrected chi connectivity index (χ1v) is 7.75. The highest BCUT2D eigenvalue weighted by Gasteiger charge is 2.22. The molecule has 0 aliphatic rings. The highest BCUT2D eigenvalue weighted by atomic mass is 32.1. The Hall–Kier alpha value is -1.89. The summed E-state index contributed by atoms with van der Waals surface area (Å²) in [6.07, 6.45) is 0. The predicted molar refractivity (Wildman–Crippen MR) is 86.4 cm³/mol. The van der Waals surface area contributed by atoms with Crippen LogP contribution in [0.15, 0.2) is 17.5 Å². The molecule has 0 fully saturated rings. The van der Waals surface area contributed by atoms with E-state index in [1.165, 1.54) is 4.88 Å². The van der Waals surface area contributed by atoms with Crippen molar-refractivity contribution in [1.82, 2.24) is 15.0 Å². The topological polar surface area (TPSA) is 72.0 Å². The summed E-state index contributed by atoms with van der Waals surface area (Å²) in [6, 6.07) is 4.51. The lowest BCUT2D eigenvalue weighted by Crippen LogP contribution is -2.27. The summed E-state index contributed by atoms with van der Waals surface area (Å²) in [4.78, 5) is 14.0. The predicted octanol–water partition coefficient (Wildman–Crippen LogP) is 2.76. The van der Waals surface area contributed by atoms with Crippen LogP contribution in [0.2, 0.25) is 0 Å². The quantitative estimate of drug-likeness (QED) is 0.819. The minimum atomic E-state index is 0.00633. The number of nitrogens with zero attached hydrogens (tertiary/aromatic N) is 3. The molecular formula is C14H21N5OS. The van der Waals surface area contributed by atoms with E-state index in [1.54, 1.807) is 18.4 Å². The maximum Gasteiger partial charge on any atom is 0.322 e. The monoisotopic (exact) mass is 307 g/mol. The van der Waals surface area contributed by atoms with Gasteiger partial charge >= 0.3 is 6.01 Å². The van der Waals surface area contributed by atoms with Crippen molar-refractivity contribution < 1.29 is 4.74 Å². The number of thiophene rings is 1. The molecule has 2 heterocycles. The Balaban J connectivity index is 2.10. The third-order valence-corrected chi connectivity index (χ3v) is 4.24. The summed E-state index contributed by atoms with van der Waals surface area (Å²) in [5.74, 6) is 1.03. The van der Waals surface area contributed by atoms with E-state index in [-0.39, 0.29) is 5.41 Å². The molecular weight excluding hydrogens is 286 g/mol. The SMILES string of the molecule is CCNc1nc(NCC(C)(C)c2cccs2)nc(OC)n1. The Labute approximate surface area is 129 Å². The molecule has 0 spiro atoms. The molecule has 0 aliphatic heterocycles. The molecule has 2 N–H and O–H groups in total. The van der Waals surface area contributed by atoms with E-state index < -0.39 is 0 Å². The molecule has 0 saturated carbocycles. The van der Waals surface area contributed by atoms with Gasteiger partial charge in [-0.1, -0.05) is 19.9 Å². The van der Waals surface area contributed by atoms with Crippen molar-refractivity contribution in [1.29, 1.82) is 0 Å². The molecule has 2 rings (SSSR count). The first-order chi connectivity index (χ1) is 10.0. The van der Waals surface area contributed by atoms with Crippen molar-refractivity contribution in [3.05, 3.63) is 22.4 Å². The van der Waals surface area contributed by atoms with Crippen LogP contribution in [0, 0.1) is 0 Å². The fourth-order valence-electron chi connectivity index (χ4n) is 1.81. The molecule has 7 heteroatoms. The van der Waals surface area contributed by atoms with Crippen molar-refractivity contribution in [3.8, 4) is 6.01 Å². The van der Waals surface area contributed by atoms with Crippen LogP contribution in [0.3, 0.4) is 0 Å². The van der Waals surface area contributed by atoms with E-state index in [4.69, 9.17) is 4.74 Å². The van der Waals surface area contributed by atoms with Crippen LogP contribution < -0.4 is 15.4 Å². The average molecular weight is 307 g/mol. The molecule has 0 saturated heterocycles. The Morgan fingerprint density at radius 2 is 1.90 bits per heavy atom. The number of nitrogens with one attached hydrogen (secondary N) is 2. The molecule has 2 aromatic rings. The zero-order valence-corrected chi connectivity index (χ0v) is 13.6. The Bertz CT molecular complexity index is 571. The number of rotatable bonds is 7. The van der Waals surface area contributed by atoms with E-state index in [0.717, 1.165) is 13.1 Å². The molecule has 0 aromatic carbocycles. The fraction of sp³-hybridized carbons (Fsp3) is 0.500. The van der Waals surface area contributed by atoms with Crippen LogP contribution in [0.1, 0.15) is 25.6 Å². The van der Waals surface area contributed by atoms with Gasteiger partial charge in [-0.25, -0.2) is 0 Å². The van der Waals surface area contributed by atoms with E-state index >= 15 is 0 Å². The third kappa shape index (κ3) is 4.04. The van der Waals surface area contributed by atoms with Gasteiger partial charge in [-0.15, -0.1) is 11.3 Å². The molecule has 0 atom stereocenters. The standard InChI is InChI=1S/C14H21N5OS/c1-5-15-11-17-12(19-13(18-11)20-4)16-9-14(2,3)10-7-6-8-21-10/h6-8H,5,9H2,1-4H3,(H2,15,16,17,18,19). The van der Waals surface area contributed by atoms with E-state index in [2.05, 4.69) is 56.9 Å². The van der Waals surface area contributed by atoms with Gasteiger partial charge in [-0.2, -0.15) is 15.0 Å². The van der Waals surface area contributed by atoms with Crippen LogP contribution in [-0.2, 0) is 5.41 Å². The Morgan fingerprint density at radius 3 is 2.48 bits per heavy atom. The number of aromatic nitrogens is 3. The lowest BCUT2D eigenvalue weighted by Gasteiger charge is -2.23. The fourth-order valence-corrected chi connectivity index (χ4v) is 2.67. The maximum atomic E-state index is 5.11. The van der Waals surface area contributed by atoms with Crippen molar-refractivity contribution in [2.45, 2.75) is 26.2 Å². The van der Waals surface area contributed by atoms with Crippen LogP contribution in [0.5, 0.6) is 6.01 Å². The second kappa shape index (κ2) is 6.71. The molecule has 21 heavy (non-hydrogen) atoms. The summed E-state index contributed by atoms with van der Waals surface area (Å²) in [7, 11) is 1.55. The van der Waals surface area contributed by atoms with Gasteiger partial charge in [0.25, 0.3) is 0 Å². The molecule has 6 nitrogen and oxygen atoms in total. The first kappa shape index (κ1) is 15.5. The second-order valence-corrected chi connectivity index (χ2v) is 6.16. The van der Waals surface area contributed by atoms with Crippen molar-refractivity contribution in [2.24, 2.45) is 0 Å². The lowest BCUT2D eigenvalue weighted by atomic mass is 9.91. The van der Waals surface area contributed by atoms with Crippen LogP contribution in [0.4, 0.5) is 11.9 Å². The summed E-state index contributed by atoms with van der Waals surface area (Å²) in [5, 5.41) is 8.43. The second-order valence-electron chi connectivity index (χ2n) is 5.21. The largest absolute Gasteiger partial charge is 0.467 e. The summed E-state index contributed by atoms with van der Waals surface area (Å²) in [5.41, 5.74) is 0.00633. The van der Waals surface area contributed by atoms with Crippen LogP contribution in [0.25, 0.3) is 0 Å². The van der Waals surface area contributed by atoms with Crippen molar-refractivity contribution in [3.63, 3.8) is 0 Å². The van der Waals surface area contributed by atoms with Gasteiger partial charge < -0.3 is 15.4 Å². The van der Waals surface area contributed by atoms with Gasteiger partial charge in [0.15, 0.2) is 0 Å². The van der Waals surface area contributed by atoms with Gasteiger partial charge in [-0.05, 0) is 18.4 Å². The molecule has 0 unspecified atom stereocenters. The van der Waals surface area contributed by atoms with E-state index in [1.807, 2.05) is 6.92 Å². The molecule has 0 bridgehead atoms. The highest BCUT2D eigenvalue weighted by molar-refractivity contribution is 7.10. The van der Waals surface area contributed by atoms with Crippen molar-refractivity contribution >= 4 is 23.2 Å². The number of hydrogen-bond acceptors (Lipinski definition) is 7. The van der Waals surface area contributed by atoms with E-state index in [0.29, 0.717) is 17.9 Å². The molecule has 114 valence electrons. The maximum absolute atomic E-state index is 5.11. The first-order valence-electron chi connectivity index (χ1n) is 6.87. The minimum absolute atomic E-state index is 0.00633. The number of ether oxygens (including phenoxy) is 1. The molecule has 2 aromatic heterocycles. The highest BCUT2D eigenvalue weighted by Crippen LogP contribution is 2.27. The van der Waals surface area contributed by atoms with Crippen LogP contribution >= 0.6 is 11.3 Å². The van der Waals surface area contributed by atoms with Crippen molar-refractivity contribution in [2.75, 3.05) is 30.8 Å². The van der Waals surface area contributed by atoms with Gasteiger partial charge in [0.05, 0.1) is 7.11 Å². The minimum Gasteiger partial charge on any atom is -0.467 e. The third-order valence-electron chi connectivity index (χ3n) is 3.01. The normalized spacial score (nSPS) is 11.2. The summed E-state index contributed by atoms with van der Waals surface area (Å²) < 4.78 is 5.11. The summed E-state index contributed by atoms with van der Waals surface area (Å²) in [6.45, 7) is 7.84. The number of hydrogen-bond donors (Lipinski definition) is 2. The average Bonchev–Trinajstić information content (AvgIpc) is 3.00. The Morgan fingerprint density at radius 1 is 1.19 bits per heavy atom. The van der Waals surface area contributed by atoms with Gasteiger partial charge in [-0.3, -0.25) is 0 Å². The van der Waals surface area contributed by atoms with Crippen LogP contribution in [-0.4, -0.2) is 35.2 Å². The zero-order valence-electron chi connectivity index (χ0n) is 12.8. The van der Waals surface area contributed by atoms with Gasteiger partial charge in [0.1, 0.15) is 0 Å². The summed E-state index contributed by atoms with van der Waals surface area (Å²) >= 11 is 1.75. The number of anilines is 2. The zero-order chi connectivity index (χ0) is 15.3. The van der Waals surface area contributed by atoms with Gasteiger partial charge in [0.2, 0.25) is 11.9 Å². The lowest BCUT2D eigenvalue weighted by molar-refractivity contribution is 0.379. The van der Waals surface area contributed by atoms with E-state index in [9.17, 15) is 0 Å².